The molecule has 0 radical (unpaired) electrons. The van der Waals surface area contributed by atoms with Crippen LogP contribution in [0.1, 0.15) is 29.4 Å². The van der Waals surface area contributed by atoms with Gasteiger partial charge in [0, 0.05) is 15.1 Å². The summed E-state index contributed by atoms with van der Waals surface area (Å²) in [7, 11) is 0. The van der Waals surface area contributed by atoms with Crippen LogP contribution in [0.4, 0.5) is 0 Å². The van der Waals surface area contributed by atoms with E-state index in [9.17, 15) is 0 Å². The standard InChI is InChI=1S/C17H18BrNS/c18-15-7-5-12(6-8-15)13(10-19)9-14-11-20-17-4-2-1-3-16(14)17/h1-8,13-14H,9-11,19H2. The van der Waals surface area contributed by atoms with Gasteiger partial charge in [0.05, 0.1) is 0 Å². The molecule has 2 aromatic rings. The van der Waals surface area contributed by atoms with Crippen LogP contribution in [0.3, 0.4) is 0 Å². The van der Waals surface area contributed by atoms with E-state index in [1.165, 1.54) is 21.8 Å². The first-order valence-electron chi connectivity index (χ1n) is 6.95. The Labute approximate surface area is 133 Å². The molecule has 2 atom stereocenters. The third-order valence-electron chi connectivity index (χ3n) is 3.99. The third kappa shape index (κ3) is 2.95. The molecule has 104 valence electrons. The zero-order chi connectivity index (χ0) is 13.9. The van der Waals surface area contributed by atoms with Crippen molar-refractivity contribution in [1.29, 1.82) is 0 Å². The Bertz CT molecular complexity index is 582. The normalized spacial score (nSPS) is 18.8. The van der Waals surface area contributed by atoms with Crippen molar-refractivity contribution < 1.29 is 0 Å². The minimum Gasteiger partial charge on any atom is -0.330 e. The Morgan fingerprint density at radius 3 is 2.65 bits per heavy atom. The zero-order valence-corrected chi connectivity index (χ0v) is 13.7. The number of rotatable bonds is 4. The maximum Gasteiger partial charge on any atom is 0.0175 e. The first kappa shape index (κ1) is 14.2. The second kappa shape index (κ2) is 6.33. The van der Waals surface area contributed by atoms with E-state index in [2.05, 4.69) is 64.5 Å². The van der Waals surface area contributed by atoms with Gasteiger partial charge in [-0.2, -0.15) is 0 Å². The smallest absolute Gasteiger partial charge is 0.0175 e. The van der Waals surface area contributed by atoms with E-state index < -0.39 is 0 Å². The number of fused-ring (bicyclic) bond motifs is 1. The molecule has 0 amide bonds. The van der Waals surface area contributed by atoms with Crippen LogP contribution in [-0.2, 0) is 0 Å². The topological polar surface area (TPSA) is 26.0 Å². The molecule has 1 nitrogen and oxygen atoms in total. The summed E-state index contributed by atoms with van der Waals surface area (Å²) in [5, 5.41) is 0. The van der Waals surface area contributed by atoms with Gasteiger partial charge in [-0.3, -0.25) is 0 Å². The van der Waals surface area contributed by atoms with Crippen molar-refractivity contribution in [2.45, 2.75) is 23.2 Å². The zero-order valence-electron chi connectivity index (χ0n) is 11.3. The molecule has 0 saturated carbocycles. The summed E-state index contributed by atoms with van der Waals surface area (Å²) < 4.78 is 1.12. The lowest BCUT2D eigenvalue weighted by atomic mass is 9.86. The van der Waals surface area contributed by atoms with Gasteiger partial charge in [-0.25, -0.2) is 0 Å². The van der Waals surface area contributed by atoms with E-state index in [0.717, 1.165) is 10.9 Å². The van der Waals surface area contributed by atoms with Gasteiger partial charge in [-0.05, 0) is 54.1 Å². The minimum absolute atomic E-state index is 0.444. The van der Waals surface area contributed by atoms with Crippen molar-refractivity contribution in [1.82, 2.24) is 0 Å². The lowest BCUT2D eigenvalue weighted by Crippen LogP contribution is -2.16. The molecule has 1 aliphatic rings. The van der Waals surface area contributed by atoms with Crippen molar-refractivity contribution >= 4 is 27.7 Å². The molecule has 1 aliphatic heterocycles. The summed E-state index contributed by atoms with van der Waals surface area (Å²) in [5.41, 5.74) is 8.88. The van der Waals surface area contributed by atoms with Crippen LogP contribution in [0.15, 0.2) is 57.9 Å². The Morgan fingerprint density at radius 1 is 1.15 bits per heavy atom. The Balaban J connectivity index is 1.78. The maximum absolute atomic E-state index is 6.02. The van der Waals surface area contributed by atoms with Gasteiger partial charge >= 0.3 is 0 Å². The maximum atomic E-state index is 6.02. The Kier molecular flexibility index (Phi) is 4.49. The second-order valence-corrected chi connectivity index (χ2v) is 7.24. The summed E-state index contributed by atoms with van der Waals surface area (Å²) in [6.45, 7) is 0.713. The van der Waals surface area contributed by atoms with Gasteiger partial charge in [-0.15, -0.1) is 11.8 Å². The van der Waals surface area contributed by atoms with E-state index in [0.29, 0.717) is 18.4 Å². The summed E-state index contributed by atoms with van der Waals surface area (Å²) in [5.74, 6) is 2.26. The fourth-order valence-corrected chi connectivity index (χ4v) is 4.41. The number of hydrogen-bond acceptors (Lipinski definition) is 2. The first-order valence-corrected chi connectivity index (χ1v) is 8.73. The van der Waals surface area contributed by atoms with Crippen molar-refractivity contribution in [3.8, 4) is 0 Å². The van der Waals surface area contributed by atoms with Crippen LogP contribution in [0.2, 0.25) is 0 Å². The highest BCUT2D eigenvalue weighted by molar-refractivity contribution is 9.10. The average molecular weight is 348 g/mol. The highest BCUT2D eigenvalue weighted by atomic mass is 79.9. The third-order valence-corrected chi connectivity index (χ3v) is 5.77. The number of hydrogen-bond donors (Lipinski definition) is 1. The Hall–Kier alpha value is -0.770. The molecule has 0 aliphatic carbocycles. The van der Waals surface area contributed by atoms with Crippen LogP contribution in [0.5, 0.6) is 0 Å². The summed E-state index contributed by atoms with van der Waals surface area (Å²) >= 11 is 5.47. The molecule has 2 N–H and O–H groups in total. The molecule has 0 spiro atoms. The molecule has 0 aromatic heterocycles. The van der Waals surface area contributed by atoms with Gasteiger partial charge in [0.1, 0.15) is 0 Å². The molecule has 2 unspecified atom stereocenters. The number of nitrogens with two attached hydrogens (primary N) is 1. The quantitative estimate of drug-likeness (QED) is 0.861. The minimum atomic E-state index is 0.444. The van der Waals surface area contributed by atoms with E-state index in [-0.39, 0.29) is 0 Å². The van der Waals surface area contributed by atoms with Crippen molar-refractivity contribution in [3.05, 3.63) is 64.1 Å². The van der Waals surface area contributed by atoms with E-state index >= 15 is 0 Å². The molecule has 20 heavy (non-hydrogen) atoms. The number of halogens is 1. The molecule has 2 aromatic carbocycles. The largest absolute Gasteiger partial charge is 0.330 e. The van der Waals surface area contributed by atoms with Crippen molar-refractivity contribution in [2.75, 3.05) is 12.3 Å². The van der Waals surface area contributed by atoms with Crippen LogP contribution in [-0.4, -0.2) is 12.3 Å². The fraction of sp³-hybridized carbons (Fsp3) is 0.294. The lowest BCUT2D eigenvalue weighted by molar-refractivity contribution is 0.570. The number of benzene rings is 2. The number of thioether (sulfide) groups is 1. The predicted molar refractivity (Wildman–Crippen MR) is 90.5 cm³/mol. The van der Waals surface area contributed by atoms with E-state index in [4.69, 9.17) is 5.73 Å². The monoisotopic (exact) mass is 347 g/mol. The van der Waals surface area contributed by atoms with Crippen molar-refractivity contribution in [2.24, 2.45) is 5.73 Å². The van der Waals surface area contributed by atoms with Crippen LogP contribution >= 0.6 is 27.7 Å². The summed E-state index contributed by atoms with van der Waals surface area (Å²) in [6, 6.07) is 17.4. The van der Waals surface area contributed by atoms with Crippen molar-refractivity contribution in [3.63, 3.8) is 0 Å². The SMILES string of the molecule is NCC(CC1CSc2ccccc21)c1ccc(Br)cc1. The molecular weight excluding hydrogens is 330 g/mol. The second-order valence-electron chi connectivity index (χ2n) is 5.27. The molecule has 1 heterocycles. The average Bonchev–Trinajstić information content (AvgIpc) is 2.89. The molecule has 0 saturated heterocycles. The molecule has 3 heteroatoms. The first-order chi connectivity index (χ1) is 9.78. The highest BCUT2D eigenvalue weighted by Crippen LogP contribution is 2.43. The van der Waals surface area contributed by atoms with Gasteiger partial charge < -0.3 is 5.73 Å². The fourth-order valence-electron chi connectivity index (χ4n) is 2.87. The summed E-state index contributed by atoms with van der Waals surface area (Å²) in [4.78, 5) is 1.45. The molecule has 3 rings (SSSR count). The molecule has 0 fully saturated rings. The van der Waals surface area contributed by atoms with Crippen LogP contribution in [0, 0.1) is 0 Å². The lowest BCUT2D eigenvalue weighted by Gasteiger charge is -2.20. The van der Waals surface area contributed by atoms with Crippen LogP contribution < -0.4 is 5.73 Å². The van der Waals surface area contributed by atoms with Gasteiger partial charge in [0.15, 0.2) is 0 Å². The van der Waals surface area contributed by atoms with Crippen LogP contribution in [0.25, 0.3) is 0 Å². The van der Waals surface area contributed by atoms with Gasteiger partial charge in [0.2, 0.25) is 0 Å². The van der Waals surface area contributed by atoms with Gasteiger partial charge in [-0.1, -0.05) is 46.3 Å². The molecule has 0 bridgehead atoms. The van der Waals surface area contributed by atoms with E-state index in [1.54, 1.807) is 0 Å². The Morgan fingerprint density at radius 2 is 1.90 bits per heavy atom. The summed E-state index contributed by atoms with van der Waals surface area (Å²) in [6.07, 6.45) is 1.14. The predicted octanol–water partition coefficient (Wildman–Crippen LogP) is 4.77. The van der Waals surface area contributed by atoms with Gasteiger partial charge in [0.25, 0.3) is 0 Å². The molecular formula is C17H18BrNS. The highest BCUT2D eigenvalue weighted by Gasteiger charge is 2.25. The van der Waals surface area contributed by atoms with E-state index in [1.807, 2.05) is 11.8 Å².